The molecule has 98 valence electrons. The summed E-state index contributed by atoms with van der Waals surface area (Å²) in [6, 6.07) is 7.76. The highest BCUT2D eigenvalue weighted by atomic mass is 79.9. The normalized spacial score (nSPS) is 20.2. The summed E-state index contributed by atoms with van der Waals surface area (Å²) in [5.41, 5.74) is 6.41. The Morgan fingerprint density at radius 2 is 2.33 bits per heavy atom. The van der Waals surface area contributed by atoms with Crippen molar-refractivity contribution in [2.45, 2.75) is 18.9 Å². The van der Waals surface area contributed by atoms with Crippen molar-refractivity contribution >= 4 is 27.5 Å². The van der Waals surface area contributed by atoms with Crippen LogP contribution in [-0.4, -0.2) is 31.7 Å². The lowest BCUT2D eigenvalue weighted by Crippen LogP contribution is -2.46. The number of hydrogen-bond donors (Lipinski definition) is 1. The van der Waals surface area contributed by atoms with Crippen LogP contribution < -0.4 is 10.6 Å². The van der Waals surface area contributed by atoms with Crippen LogP contribution in [0, 0.1) is 0 Å². The molecule has 1 fully saturated rings. The molecule has 1 aliphatic rings. The molecule has 2 N–H and O–H groups in total. The van der Waals surface area contributed by atoms with Crippen molar-refractivity contribution in [1.29, 1.82) is 0 Å². The Morgan fingerprint density at radius 3 is 3.06 bits per heavy atom. The van der Waals surface area contributed by atoms with Crippen molar-refractivity contribution in [3.63, 3.8) is 0 Å². The fourth-order valence-electron chi connectivity index (χ4n) is 2.04. The van der Waals surface area contributed by atoms with Crippen LogP contribution in [0.25, 0.3) is 0 Å². The Balaban J connectivity index is 2.08. The number of carbonyl (C=O) groups is 1. The molecular weight excluding hydrogens is 296 g/mol. The van der Waals surface area contributed by atoms with E-state index >= 15 is 0 Å². The van der Waals surface area contributed by atoms with E-state index in [1.165, 1.54) is 0 Å². The van der Waals surface area contributed by atoms with Crippen molar-refractivity contribution in [2.75, 3.05) is 24.6 Å². The molecule has 0 aromatic heterocycles. The summed E-state index contributed by atoms with van der Waals surface area (Å²) in [4.78, 5) is 13.7. The van der Waals surface area contributed by atoms with Crippen molar-refractivity contribution in [1.82, 2.24) is 0 Å². The van der Waals surface area contributed by atoms with Gasteiger partial charge in [-0.1, -0.05) is 22.0 Å². The molecule has 18 heavy (non-hydrogen) atoms. The summed E-state index contributed by atoms with van der Waals surface area (Å²) in [6.45, 7) is 1.42. The average molecular weight is 313 g/mol. The number of hydrogen-bond acceptors (Lipinski definition) is 3. The molecule has 1 saturated heterocycles. The van der Waals surface area contributed by atoms with Gasteiger partial charge in [-0.15, -0.1) is 0 Å². The van der Waals surface area contributed by atoms with Crippen LogP contribution in [0.1, 0.15) is 12.8 Å². The molecule has 0 radical (unpaired) electrons. The number of nitrogens with two attached hydrogens (primary N) is 1. The molecule has 0 bridgehead atoms. The van der Waals surface area contributed by atoms with Gasteiger partial charge in [0.25, 0.3) is 5.91 Å². The van der Waals surface area contributed by atoms with E-state index in [9.17, 15) is 4.79 Å². The van der Waals surface area contributed by atoms with Crippen LogP contribution in [0.5, 0.6) is 0 Å². The van der Waals surface area contributed by atoms with Gasteiger partial charge in [-0.25, -0.2) is 0 Å². The van der Waals surface area contributed by atoms with Crippen LogP contribution in [-0.2, 0) is 9.53 Å². The van der Waals surface area contributed by atoms with Gasteiger partial charge in [0.1, 0.15) is 6.61 Å². The fraction of sp³-hybridized carbons (Fsp3) is 0.462. The molecule has 0 spiro atoms. The highest BCUT2D eigenvalue weighted by Gasteiger charge is 2.26. The number of rotatable bonds is 4. The Kier molecular flexibility index (Phi) is 4.74. The number of benzene rings is 1. The number of morpholine rings is 1. The van der Waals surface area contributed by atoms with Gasteiger partial charge < -0.3 is 15.4 Å². The van der Waals surface area contributed by atoms with Crippen LogP contribution in [0.2, 0.25) is 0 Å². The maximum absolute atomic E-state index is 11.9. The molecule has 2 rings (SSSR count). The molecule has 5 heteroatoms. The third kappa shape index (κ3) is 3.31. The van der Waals surface area contributed by atoms with Gasteiger partial charge in [-0.3, -0.25) is 4.79 Å². The van der Waals surface area contributed by atoms with Gasteiger partial charge in [0, 0.05) is 10.2 Å². The highest BCUT2D eigenvalue weighted by molar-refractivity contribution is 9.10. The summed E-state index contributed by atoms with van der Waals surface area (Å²) in [5.74, 6) is 0.0112. The molecule has 0 aliphatic carbocycles. The van der Waals surface area contributed by atoms with Gasteiger partial charge in [-0.05, 0) is 37.6 Å². The first kappa shape index (κ1) is 13.5. The lowest BCUT2D eigenvalue weighted by molar-refractivity contribution is -0.129. The Morgan fingerprint density at radius 1 is 1.50 bits per heavy atom. The minimum Gasteiger partial charge on any atom is -0.367 e. The monoisotopic (exact) mass is 312 g/mol. The van der Waals surface area contributed by atoms with E-state index in [0.29, 0.717) is 13.1 Å². The molecule has 4 nitrogen and oxygen atoms in total. The van der Waals surface area contributed by atoms with Crippen molar-refractivity contribution in [2.24, 2.45) is 5.73 Å². The smallest absolute Gasteiger partial charge is 0.253 e. The van der Waals surface area contributed by atoms with Gasteiger partial charge in [0.15, 0.2) is 0 Å². The number of nitrogens with zero attached hydrogens (tertiary/aromatic N) is 1. The van der Waals surface area contributed by atoms with Gasteiger partial charge in [0.05, 0.1) is 12.6 Å². The topological polar surface area (TPSA) is 55.6 Å². The van der Waals surface area contributed by atoms with Gasteiger partial charge in [0.2, 0.25) is 0 Å². The molecule has 0 saturated carbocycles. The molecule has 1 aromatic carbocycles. The fourth-order valence-corrected chi connectivity index (χ4v) is 2.43. The van der Waals surface area contributed by atoms with Gasteiger partial charge >= 0.3 is 0 Å². The van der Waals surface area contributed by atoms with Crippen LogP contribution in [0.3, 0.4) is 0 Å². The zero-order chi connectivity index (χ0) is 13.0. The van der Waals surface area contributed by atoms with E-state index in [1.54, 1.807) is 4.90 Å². The summed E-state index contributed by atoms with van der Waals surface area (Å²) < 4.78 is 6.49. The lowest BCUT2D eigenvalue weighted by Gasteiger charge is -2.32. The summed E-state index contributed by atoms with van der Waals surface area (Å²) in [6.07, 6.45) is 1.91. The largest absolute Gasteiger partial charge is 0.367 e. The molecule has 1 heterocycles. The number of anilines is 1. The second-order valence-corrected chi connectivity index (χ2v) is 5.26. The van der Waals surface area contributed by atoms with E-state index in [-0.39, 0.29) is 18.6 Å². The second kappa shape index (κ2) is 6.31. The zero-order valence-corrected chi connectivity index (χ0v) is 11.7. The quantitative estimate of drug-likeness (QED) is 0.924. The summed E-state index contributed by atoms with van der Waals surface area (Å²) in [5, 5.41) is 0. The lowest BCUT2D eigenvalue weighted by atomic mass is 10.1. The van der Waals surface area contributed by atoms with E-state index < -0.39 is 0 Å². The molecular formula is C13H17BrN2O2. The predicted octanol–water partition coefficient (Wildman–Crippen LogP) is 1.92. The van der Waals surface area contributed by atoms with Gasteiger partial charge in [-0.2, -0.15) is 0 Å². The number of halogens is 1. The maximum atomic E-state index is 11.9. The Bertz CT molecular complexity index is 425. The SMILES string of the molecule is NCCCC1CN(c2cccc(Br)c2)C(=O)CO1. The summed E-state index contributed by atoms with van der Waals surface area (Å²) in [7, 11) is 0. The minimum atomic E-state index is 0.0112. The third-order valence-corrected chi connectivity index (χ3v) is 3.47. The molecule has 1 amide bonds. The summed E-state index contributed by atoms with van der Waals surface area (Å²) >= 11 is 3.42. The van der Waals surface area contributed by atoms with Crippen LogP contribution in [0.4, 0.5) is 5.69 Å². The molecule has 1 aliphatic heterocycles. The van der Waals surface area contributed by atoms with E-state index in [2.05, 4.69) is 15.9 Å². The zero-order valence-electron chi connectivity index (χ0n) is 10.1. The maximum Gasteiger partial charge on any atom is 0.253 e. The number of amides is 1. The third-order valence-electron chi connectivity index (χ3n) is 2.98. The minimum absolute atomic E-state index is 0.0112. The Hall–Kier alpha value is -0.910. The number of ether oxygens (including phenoxy) is 1. The van der Waals surface area contributed by atoms with E-state index in [0.717, 1.165) is 23.0 Å². The van der Waals surface area contributed by atoms with Crippen molar-refractivity contribution in [3.8, 4) is 0 Å². The van der Waals surface area contributed by atoms with Crippen molar-refractivity contribution in [3.05, 3.63) is 28.7 Å². The number of carbonyl (C=O) groups excluding carboxylic acids is 1. The molecule has 1 unspecified atom stereocenters. The predicted molar refractivity (Wildman–Crippen MR) is 74.5 cm³/mol. The first-order valence-corrected chi connectivity index (χ1v) is 6.87. The molecule has 1 aromatic rings. The Labute approximate surface area is 115 Å². The van der Waals surface area contributed by atoms with Crippen LogP contribution >= 0.6 is 15.9 Å². The van der Waals surface area contributed by atoms with Crippen molar-refractivity contribution < 1.29 is 9.53 Å². The second-order valence-electron chi connectivity index (χ2n) is 4.35. The highest BCUT2D eigenvalue weighted by Crippen LogP contribution is 2.23. The average Bonchev–Trinajstić information content (AvgIpc) is 2.38. The first-order valence-electron chi connectivity index (χ1n) is 6.08. The van der Waals surface area contributed by atoms with E-state index in [1.807, 2.05) is 24.3 Å². The van der Waals surface area contributed by atoms with Crippen LogP contribution in [0.15, 0.2) is 28.7 Å². The molecule has 1 atom stereocenters. The first-order chi connectivity index (χ1) is 8.70. The van der Waals surface area contributed by atoms with E-state index in [4.69, 9.17) is 10.5 Å². The standard InChI is InChI=1S/C13H17BrN2O2/c14-10-3-1-4-11(7-10)16-8-12(5-2-6-15)18-9-13(16)17/h1,3-4,7,12H,2,5-6,8-9,15H2.